The minimum absolute atomic E-state index is 0.799. The standard InChI is InChI=1S/C11H13N3S/c1-8-2-3-9(4-11(8)12)14-6-10-5-13-7-15-10/h2-5,7,14H,6,12H2,1H3. The van der Waals surface area contributed by atoms with Gasteiger partial charge < -0.3 is 11.1 Å². The largest absolute Gasteiger partial charge is 0.398 e. The van der Waals surface area contributed by atoms with Gasteiger partial charge in [-0.1, -0.05) is 6.07 Å². The summed E-state index contributed by atoms with van der Waals surface area (Å²) in [4.78, 5) is 5.24. The Morgan fingerprint density at radius 2 is 2.33 bits per heavy atom. The van der Waals surface area contributed by atoms with Crippen molar-refractivity contribution in [3.8, 4) is 0 Å². The second-order valence-corrected chi connectivity index (χ2v) is 4.36. The van der Waals surface area contributed by atoms with Crippen LogP contribution in [0, 0.1) is 6.92 Å². The van der Waals surface area contributed by atoms with E-state index in [-0.39, 0.29) is 0 Å². The molecule has 0 amide bonds. The first-order valence-electron chi connectivity index (χ1n) is 4.73. The number of aryl methyl sites for hydroxylation is 1. The number of thiazole rings is 1. The summed E-state index contributed by atoms with van der Waals surface area (Å²) in [5.41, 5.74) is 10.6. The van der Waals surface area contributed by atoms with Gasteiger partial charge in [-0.25, -0.2) is 0 Å². The highest BCUT2D eigenvalue weighted by Gasteiger charge is 1.97. The molecule has 3 N–H and O–H groups in total. The van der Waals surface area contributed by atoms with Gasteiger partial charge in [0.05, 0.1) is 12.1 Å². The van der Waals surface area contributed by atoms with Crippen molar-refractivity contribution < 1.29 is 0 Å². The van der Waals surface area contributed by atoms with Gasteiger partial charge in [-0.15, -0.1) is 11.3 Å². The van der Waals surface area contributed by atoms with E-state index in [9.17, 15) is 0 Å². The van der Waals surface area contributed by atoms with E-state index >= 15 is 0 Å². The topological polar surface area (TPSA) is 50.9 Å². The normalized spacial score (nSPS) is 10.2. The van der Waals surface area contributed by atoms with Gasteiger partial charge in [0.25, 0.3) is 0 Å². The van der Waals surface area contributed by atoms with Crippen molar-refractivity contribution in [3.05, 3.63) is 40.3 Å². The maximum Gasteiger partial charge on any atom is 0.0794 e. The second kappa shape index (κ2) is 4.31. The molecule has 0 radical (unpaired) electrons. The van der Waals surface area contributed by atoms with Crippen LogP contribution < -0.4 is 11.1 Å². The van der Waals surface area contributed by atoms with E-state index in [2.05, 4.69) is 10.3 Å². The molecule has 1 aromatic heterocycles. The SMILES string of the molecule is Cc1ccc(NCc2cncs2)cc1N. The Labute approximate surface area is 93.0 Å². The summed E-state index contributed by atoms with van der Waals surface area (Å²) in [5.74, 6) is 0. The molecule has 0 aliphatic rings. The number of nitrogen functional groups attached to an aromatic ring is 1. The van der Waals surface area contributed by atoms with Crippen LogP contribution >= 0.6 is 11.3 Å². The summed E-state index contributed by atoms with van der Waals surface area (Å²) in [6.07, 6.45) is 1.87. The zero-order valence-electron chi connectivity index (χ0n) is 8.53. The van der Waals surface area contributed by atoms with Crippen LogP contribution in [0.1, 0.15) is 10.4 Å². The van der Waals surface area contributed by atoms with Crippen LogP contribution in [0.15, 0.2) is 29.9 Å². The molecule has 1 aromatic carbocycles. The highest BCUT2D eigenvalue weighted by atomic mass is 32.1. The van der Waals surface area contributed by atoms with Gasteiger partial charge in [0.15, 0.2) is 0 Å². The first-order chi connectivity index (χ1) is 7.25. The lowest BCUT2D eigenvalue weighted by molar-refractivity contribution is 1.17. The molecule has 15 heavy (non-hydrogen) atoms. The number of nitrogens with zero attached hydrogens (tertiary/aromatic N) is 1. The van der Waals surface area contributed by atoms with Crippen molar-refractivity contribution in [2.75, 3.05) is 11.1 Å². The Balaban J connectivity index is 2.02. The number of nitrogens with one attached hydrogen (secondary N) is 1. The molecule has 0 unspecified atom stereocenters. The molecule has 78 valence electrons. The van der Waals surface area contributed by atoms with Crippen molar-refractivity contribution >= 4 is 22.7 Å². The van der Waals surface area contributed by atoms with Crippen molar-refractivity contribution in [2.24, 2.45) is 0 Å². The molecule has 2 rings (SSSR count). The Morgan fingerprint density at radius 1 is 1.47 bits per heavy atom. The third-order valence-corrected chi connectivity index (χ3v) is 3.01. The van der Waals surface area contributed by atoms with Gasteiger partial charge in [-0.3, -0.25) is 4.98 Å². The van der Waals surface area contributed by atoms with Crippen molar-refractivity contribution in [3.63, 3.8) is 0 Å². The van der Waals surface area contributed by atoms with E-state index < -0.39 is 0 Å². The van der Waals surface area contributed by atoms with Crippen LogP contribution in [0.3, 0.4) is 0 Å². The number of nitrogens with two attached hydrogens (primary N) is 1. The number of hydrogen-bond acceptors (Lipinski definition) is 4. The predicted octanol–water partition coefficient (Wildman–Crippen LogP) is 2.65. The zero-order chi connectivity index (χ0) is 10.7. The first-order valence-corrected chi connectivity index (χ1v) is 5.61. The van der Waals surface area contributed by atoms with Crippen LogP contribution in [0.4, 0.5) is 11.4 Å². The van der Waals surface area contributed by atoms with Gasteiger partial charge in [-0.2, -0.15) is 0 Å². The molecule has 0 saturated heterocycles. The Hall–Kier alpha value is -1.55. The number of rotatable bonds is 3. The van der Waals surface area contributed by atoms with Gasteiger partial charge in [0.1, 0.15) is 0 Å². The van der Waals surface area contributed by atoms with Gasteiger partial charge in [0, 0.05) is 22.4 Å². The first kappa shape index (κ1) is 9.98. The van der Waals surface area contributed by atoms with Crippen LogP contribution in [-0.4, -0.2) is 4.98 Å². The van der Waals surface area contributed by atoms with E-state index in [0.717, 1.165) is 23.5 Å². The number of hydrogen-bond donors (Lipinski definition) is 2. The molecular formula is C11H13N3S. The van der Waals surface area contributed by atoms with Crippen molar-refractivity contribution in [1.29, 1.82) is 0 Å². The molecule has 0 aliphatic carbocycles. The number of benzene rings is 1. The fourth-order valence-electron chi connectivity index (χ4n) is 1.27. The van der Waals surface area contributed by atoms with Gasteiger partial charge in [0.2, 0.25) is 0 Å². The van der Waals surface area contributed by atoms with E-state index in [1.54, 1.807) is 11.3 Å². The lowest BCUT2D eigenvalue weighted by atomic mass is 10.2. The molecule has 0 fully saturated rings. The quantitative estimate of drug-likeness (QED) is 0.780. The predicted molar refractivity (Wildman–Crippen MR) is 65.0 cm³/mol. The molecule has 0 saturated carbocycles. The average Bonchev–Trinajstić information content (AvgIpc) is 2.73. The van der Waals surface area contributed by atoms with Crippen LogP contribution in [0.5, 0.6) is 0 Å². The van der Waals surface area contributed by atoms with E-state index in [1.165, 1.54) is 4.88 Å². The molecule has 0 spiro atoms. The average molecular weight is 219 g/mol. The summed E-state index contributed by atoms with van der Waals surface area (Å²) >= 11 is 1.64. The summed E-state index contributed by atoms with van der Waals surface area (Å²) in [6.45, 7) is 2.80. The van der Waals surface area contributed by atoms with E-state index in [4.69, 9.17) is 5.73 Å². The maximum atomic E-state index is 5.82. The molecule has 0 aliphatic heterocycles. The van der Waals surface area contributed by atoms with E-state index in [0.29, 0.717) is 0 Å². The second-order valence-electron chi connectivity index (χ2n) is 3.39. The molecule has 3 nitrogen and oxygen atoms in total. The highest BCUT2D eigenvalue weighted by molar-refractivity contribution is 7.09. The minimum Gasteiger partial charge on any atom is -0.398 e. The smallest absolute Gasteiger partial charge is 0.0794 e. The Kier molecular flexibility index (Phi) is 2.87. The third-order valence-electron chi connectivity index (χ3n) is 2.23. The van der Waals surface area contributed by atoms with Gasteiger partial charge >= 0.3 is 0 Å². The van der Waals surface area contributed by atoms with Crippen molar-refractivity contribution in [2.45, 2.75) is 13.5 Å². The van der Waals surface area contributed by atoms with Gasteiger partial charge in [-0.05, 0) is 24.6 Å². The fourth-order valence-corrected chi connectivity index (χ4v) is 1.80. The third kappa shape index (κ3) is 2.47. The Morgan fingerprint density at radius 3 is 3.00 bits per heavy atom. The zero-order valence-corrected chi connectivity index (χ0v) is 9.34. The fraction of sp³-hybridized carbons (Fsp3) is 0.182. The molecule has 0 atom stereocenters. The minimum atomic E-state index is 0.799. The monoisotopic (exact) mass is 219 g/mol. The Bertz CT molecular complexity index is 437. The summed E-state index contributed by atoms with van der Waals surface area (Å²) < 4.78 is 0. The summed E-state index contributed by atoms with van der Waals surface area (Å²) in [5, 5.41) is 3.31. The summed E-state index contributed by atoms with van der Waals surface area (Å²) in [7, 11) is 0. The lowest BCUT2D eigenvalue weighted by Crippen LogP contribution is -1.99. The maximum absolute atomic E-state index is 5.82. The molecule has 1 heterocycles. The van der Waals surface area contributed by atoms with Crippen molar-refractivity contribution in [1.82, 2.24) is 4.98 Å². The summed E-state index contributed by atoms with van der Waals surface area (Å²) in [6, 6.07) is 6.01. The highest BCUT2D eigenvalue weighted by Crippen LogP contribution is 2.18. The number of anilines is 2. The van der Waals surface area contributed by atoms with E-state index in [1.807, 2.05) is 36.8 Å². The molecule has 4 heteroatoms. The van der Waals surface area contributed by atoms with Crippen LogP contribution in [0.2, 0.25) is 0 Å². The molecule has 0 bridgehead atoms. The molecular weight excluding hydrogens is 206 g/mol. The molecule has 2 aromatic rings. The lowest BCUT2D eigenvalue weighted by Gasteiger charge is -2.06. The van der Waals surface area contributed by atoms with Crippen LogP contribution in [0.25, 0.3) is 0 Å². The number of aromatic nitrogens is 1. The van der Waals surface area contributed by atoms with Crippen LogP contribution in [-0.2, 0) is 6.54 Å².